The van der Waals surface area contributed by atoms with Crippen LogP contribution < -0.4 is 21.9 Å². The Bertz CT molecular complexity index is 1390. The third-order valence-electron chi connectivity index (χ3n) is 4.41. The van der Waals surface area contributed by atoms with Gasteiger partial charge in [-0.25, -0.2) is 14.8 Å². The molecule has 3 aromatic rings. The molecule has 1 aromatic carbocycles. The van der Waals surface area contributed by atoms with Crippen LogP contribution in [-0.4, -0.2) is 54.0 Å². The van der Waals surface area contributed by atoms with Crippen LogP contribution in [0.2, 0.25) is 0 Å². The van der Waals surface area contributed by atoms with Gasteiger partial charge in [-0.2, -0.15) is 15.5 Å². The number of amides is 1. The van der Waals surface area contributed by atoms with Crippen LogP contribution in [-0.2, 0) is 16.1 Å². The minimum Gasteiger partial charge on any atom is -0.481 e. The van der Waals surface area contributed by atoms with Gasteiger partial charge in [0.05, 0.1) is 18.4 Å². The Balaban J connectivity index is 0.00000106. The van der Waals surface area contributed by atoms with E-state index in [1.807, 2.05) is 0 Å². The van der Waals surface area contributed by atoms with Gasteiger partial charge in [-0.15, -0.1) is 0 Å². The molecule has 7 N–H and O–H groups in total. The molecule has 0 saturated carbocycles. The number of carbonyl (C=O) groups is 3. The van der Waals surface area contributed by atoms with Gasteiger partial charge >= 0.3 is 11.9 Å². The van der Waals surface area contributed by atoms with Crippen LogP contribution in [0.25, 0.3) is 11.2 Å². The molecule has 2 heterocycles. The molecule has 0 aliphatic heterocycles. The van der Waals surface area contributed by atoms with Crippen LogP contribution in [0, 0.1) is 22.7 Å². The lowest BCUT2D eigenvalue weighted by Crippen LogP contribution is -2.41. The summed E-state index contributed by atoms with van der Waals surface area (Å²) < 4.78 is 0. The Morgan fingerprint density at radius 1 is 1.11 bits per heavy atom. The highest BCUT2D eigenvalue weighted by atomic mass is 16.4. The maximum atomic E-state index is 12.3. The SMILES string of the molecule is N#CC#N.Nc1nc2ncc(CNc3ccc(C(=O)NC(CCC(=O)O)C(=O)O)cc3)nc2c(=O)[nH]1. The monoisotopic (exact) mass is 493 g/mol. The van der Waals surface area contributed by atoms with Crippen LogP contribution >= 0.6 is 0 Å². The summed E-state index contributed by atoms with van der Waals surface area (Å²) in [6, 6.07) is 7.33. The molecule has 0 aliphatic carbocycles. The van der Waals surface area contributed by atoms with E-state index in [1.165, 1.54) is 30.5 Å². The Kier molecular flexibility index (Phi) is 9.35. The molecule has 1 unspecified atom stereocenters. The molecule has 0 spiro atoms. The van der Waals surface area contributed by atoms with E-state index in [9.17, 15) is 19.2 Å². The fourth-order valence-electron chi connectivity index (χ4n) is 2.75. The summed E-state index contributed by atoms with van der Waals surface area (Å²) in [4.78, 5) is 60.6. The number of nitrogens with zero attached hydrogens (tertiary/aromatic N) is 5. The standard InChI is InChI=1S/C19H19N7O6.C2N2/c20-19-25-15-14(17(30)26-19)23-11(8-22-15)7-21-10-3-1-9(2-4-10)16(29)24-12(18(31)32)5-6-13(27)28;3-1-2-4/h1-4,8,12,21H,5-7H2,(H,24,29)(H,27,28)(H,31,32)(H3,20,22,25,26,30);. The zero-order valence-corrected chi connectivity index (χ0v) is 18.4. The van der Waals surface area contributed by atoms with Crippen molar-refractivity contribution in [1.29, 1.82) is 10.5 Å². The minimum atomic E-state index is -1.31. The number of benzene rings is 1. The molecular formula is C21H19N9O6. The Morgan fingerprint density at radius 3 is 2.36 bits per heavy atom. The lowest BCUT2D eigenvalue weighted by Gasteiger charge is -2.14. The van der Waals surface area contributed by atoms with Crippen LogP contribution in [0.3, 0.4) is 0 Å². The van der Waals surface area contributed by atoms with Gasteiger partial charge in [0.15, 0.2) is 23.3 Å². The number of hydrogen-bond donors (Lipinski definition) is 6. The molecule has 0 radical (unpaired) electrons. The predicted octanol–water partition coefficient (Wildman–Crippen LogP) is -0.0112. The fourth-order valence-corrected chi connectivity index (χ4v) is 2.75. The predicted molar refractivity (Wildman–Crippen MR) is 123 cm³/mol. The van der Waals surface area contributed by atoms with Gasteiger partial charge < -0.3 is 26.6 Å². The molecule has 3 rings (SSSR count). The average Bonchev–Trinajstić information content (AvgIpc) is 2.85. The van der Waals surface area contributed by atoms with Gasteiger partial charge in [0.2, 0.25) is 5.95 Å². The zero-order chi connectivity index (χ0) is 26.7. The number of aliphatic carboxylic acids is 2. The van der Waals surface area contributed by atoms with Crippen molar-refractivity contribution in [3.63, 3.8) is 0 Å². The van der Waals surface area contributed by atoms with Crippen molar-refractivity contribution in [2.75, 3.05) is 11.1 Å². The van der Waals surface area contributed by atoms with Crippen molar-refractivity contribution in [1.82, 2.24) is 25.3 Å². The maximum Gasteiger partial charge on any atom is 0.326 e. The minimum absolute atomic E-state index is 0.0524. The van der Waals surface area contributed by atoms with Gasteiger partial charge in [-0.1, -0.05) is 0 Å². The topological polar surface area (TPSA) is 261 Å². The Hall–Kier alpha value is -5.57. The quantitative estimate of drug-likeness (QED) is 0.229. The number of anilines is 2. The second-order valence-electron chi connectivity index (χ2n) is 6.94. The number of H-pyrrole nitrogens is 1. The lowest BCUT2D eigenvalue weighted by atomic mass is 10.1. The van der Waals surface area contributed by atoms with Crippen molar-refractivity contribution < 1.29 is 24.6 Å². The third kappa shape index (κ3) is 7.78. The summed E-state index contributed by atoms with van der Waals surface area (Å²) in [6.45, 7) is 0.231. The van der Waals surface area contributed by atoms with Crippen molar-refractivity contribution in [2.24, 2.45) is 0 Å². The molecular weight excluding hydrogens is 474 g/mol. The van der Waals surface area contributed by atoms with Crippen LogP contribution in [0.5, 0.6) is 0 Å². The molecule has 0 fully saturated rings. The van der Waals surface area contributed by atoms with Crippen molar-refractivity contribution in [3.05, 3.63) is 52.1 Å². The molecule has 0 aliphatic rings. The number of nitrogens with two attached hydrogens (primary N) is 1. The number of carbonyl (C=O) groups excluding carboxylic acids is 1. The molecule has 2 aromatic heterocycles. The van der Waals surface area contributed by atoms with Crippen LogP contribution in [0.1, 0.15) is 28.9 Å². The van der Waals surface area contributed by atoms with Gasteiger partial charge in [0.1, 0.15) is 6.04 Å². The maximum absolute atomic E-state index is 12.3. The average molecular weight is 493 g/mol. The van der Waals surface area contributed by atoms with Crippen molar-refractivity contribution in [2.45, 2.75) is 25.4 Å². The van der Waals surface area contributed by atoms with Crippen LogP contribution in [0.15, 0.2) is 35.3 Å². The van der Waals surface area contributed by atoms with Gasteiger partial charge in [-0.05, 0) is 30.7 Å². The summed E-state index contributed by atoms with van der Waals surface area (Å²) in [5.41, 5.74) is 6.47. The summed E-state index contributed by atoms with van der Waals surface area (Å²) in [7, 11) is 0. The first-order chi connectivity index (χ1) is 17.1. The van der Waals surface area contributed by atoms with E-state index in [0.29, 0.717) is 11.4 Å². The van der Waals surface area contributed by atoms with E-state index in [1.54, 1.807) is 12.1 Å². The van der Waals surface area contributed by atoms with Crippen LogP contribution in [0.4, 0.5) is 11.6 Å². The molecule has 1 amide bonds. The number of aromatic amines is 1. The van der Waals surface area contributed by atoms with Gasteiger partial charge in [0, 0.05) is 17.7 Å². The number of fused-ring (bicyclic) bond motifs is 1. The summed E-state index contributed by atoms with van der Waals surface area (Å²) >= 11 is 0. The third-order valence-corrected chi connectivity index (χ3v) is 4.41. The number of carboxylic acids is 2. The molecule has 15 heteroatoms. The first-order valence-electron chi connectivity index (χ1n) is 10.0. The largest absolute Gasteiger partial charge is 0.481 e. The molecule has 0 bridgehead atoms. The second-order valence-corrected chi connectivity index (χ2v) is 6.94. The number of nitrogens with one attached hydrogen (secondary N) is 3. The summed E-state index contributed by atoms with van der Waals surface area (Å²) in [5, 5.41) is 37.7. The molecule has 184 valence electrons. The Labute approximate surface area is 202 Å². The Morgan fingerprint density at radius 2 is 1.78 bits per heavy atom. The summed E-state index contributed by atoms with van der Waals surface area (Å²) in [5.74, 6) is -3.16. The molecule has 15 nitrogen and oxygen atoms in total. The van der Waals surface area contributed by atoms with E-state index in [-0.39, 0.29) is 42.1 Å². The number of hydrogen-bond acceptors (Lipinski definition) is 11. The molecule has 1 atom stereocenters. The lowest BCUT2D eigenvalue weighted by molar-refractivity contribution is -0.140. The number of rotatable bonds is 9. The van der Waals surface area contributed by atoms with E-state index in [2.05, 4.69) is 30.6 Å². The highest BCUT2D eigenvalue weighted by Crippen LogP contribution is 2.12. The second kappa shape index (κ2) is 12.6. The zero-order valence-electron chi connectivity index (χ0n) is 18.4. The number of nitrogen functional groups attached to an aromatic ring is 1. The normalized spacial score (nSPS) is 10.6. The van der Waals surface area contributed by atoms with Crippen molar-refractivity contribution >= 4 is 40.6 Å². The number of aromatic nitrogens is 4. The van der Waals surface area contributed by atoms with E-state index < -0.39 is 29.4 Å². The van der Waals surface area contributed by atoms with E-state index in [4.69, 9.17) is 26.5 Å². The highest BCUT2D eigenvalue weighted by Gasteiger charge is 2.21. The summed E-state index contributed by atoms with van der Waals surface area (Å²) in [6.07, 6.45) is 0.840. The molecule has 0 saturated heterocycles. The fraction of sp³-hybridized carbons (Fsp3) is 0.190. The van der Waals surface area contributed by atoms with E-state index in [0.717, 1.165) is 0 Å². The van der Waals surface area contributed by atoms with Gasteiger partial charge in [0.25, 0.3) is 11.5 Å². The number of carboxylic acid groups (broad SMARTS) is 2. The first-order valence-corrected chi connectivity index (χ1v) is 10.0. The highest BCUT2D eigenvalue weighted by molar-refractivity contribution is 5.96. The molecule has 36 heavy (non-hydrogen) atoms. The first kappa shape index (κ1) is 26.7. The smallest absolute Gasteiger partial charge is 0.326 e. The van der Waals surface area contributed by atoms with Crippen molar-refractivity contribution in [3.8, 4) is 12.1 Å². The van der Waals surface area contributed by atoms with E-state index >= 15 is 0 Å². The number of nitriles is 2. The van der Waals surface area contributed by atoms with Gasteiger partial charge in [-0.3, -0.25) is 19.4 Å².